The van der Waals surface area contributed by atoms with E-state index in [1.807, 2.05) is 0 Å². The van der Waals surface area contributed by atoms with Crippen molar-refractivity contribution in [3.05, 3.63) is 124 Å². The number of carbonyl (C=O) groups excluding carboxylic acids is 12. The van der Waals surface area contributed by atoms with Gasteiger partial charge in [0.25, 0.3) is 0 Å². The van der Waals surface area contributed by atoms with E-state index in [1.54, 1.807) is 52.0 Å². The topological polar surface area (TPSA) is 525 Å². The summed E-state index contributed by atoms with van der Waals surface area (Å²) < 4.78 is 0. The van der Waals surface area contributed by atoms with Gasteiger partial charge in [0.2, 0.25) is 70.9 Å². The van der Waals surface area contributed by atoms with Crippen LogP contribution in [0.25, 0.3) is 0 Å². The fourth-order valence-electron chi connectivity index (χ4n) is 11.6. The van der Waals surface area contributed by atoms with Crippen molar-refractivity contribution in [2.75, 3.05) is 24.6 Å². The molecule has 21 N–H and O–H groups in total. The minimum Gasteiger partial charge on any atom is -0.508 e. The molecule has 32 nitrogen and oxygen atoms in total. The van der Waals surface area contributed by atoms with Crippen molar-refractivity contribution in [1.82, 2.24) is 58.1 Å². The summed E-state index contributed by atoms with van der Waals surface area (Å²) in [5, 5.41) is 77.4. The average Bonchev–Trinajstić information content (AvgIpc) is 1.72. The SMILES string of the molecule is CCC(C)[C@H](NC(=O)[C@H](Cc1ccc(O)cc1)NC(=O)[C@@H]1CSSC[C@H](NC(=O)[C@@H](CCCC(=O)O)NC(=O)[C@@H](N)Cc2ccc(O)cc2)C(=O)N2C[C@H](O)C[C@@H]2C(=O)N[C@@H](Cc2ccc(O)c(Cl)c2)C(=O)NCC(=O)N[C@@H](CC(C)C)C(=O)N1)C(=O)N[C@@H](CCC(N)=O)C(=O)NCc1cccc(CN)c1. The molecule has 2 fully saturated rings. The Morgan fingerprint density at radius 3 is 1.93 bits per heavy atom. The average molecular weight is 1530 g/mol. The Bertz CT molecular complexity index is 3770. The Labute approximate surface area is 625 Å². The third kappa shape index (κ3) is 27.3. The van der Waals surface area contributed by atoms with Crippen LogP contribution in [-0.2, 0) is 94.7 Å². The number of aromatic hydroxyl groups is 3. The molecule has 0 bridgehead atoms. The molecule has 35 heteroatoms. The van der Waals surface area contributed by atoms with Crippen molar-refractivity contribution >= 4 is 110 Å². The fourth-order valence-corrected chi connectivity index (χ4v) is 14.1. The highest BCUT2D eigenvalue weighted by Gasteiger charge is 2.44. The second-order valence-corrected chi connectivity index (χ2v) is 29.5. The standard InChI is InChI=1S/C71H95ClN14O18S2/c1-5-38(4)61(70(103)80-50(21-23-58(75)91)63(96)76-32-43-9-6-8-42(25-43)31-73)85-67(100)53(28-40-14-19-45(88)20-15-40)81-68(101)54-35-105-106-36-55(84-65(98)49(10-7-11-60(93)94)79-62(95)48(74)27-39-12-17-44(87)18-13-39)71(104)86-34-46(89)30-56(86)69(102)82-52(29-41-16-22-57(90)47(72)26-41)64(97)77-33-59(92)78-51(24-37(2)3)66(99)83-54/h6,8-9,12-20,22,25-26,37-38,46,48-56,61,87-90H,5,7,10-11,21,23-24,27-36,73-74H2,1-4H3,(H2,75,91)(H,76,96)(H,77,97)(H,78,92)(H,79,95)(H,80,103)(H,81,101)(H,82,102)(H,83,99)(H,84,98)(H,85,100)(H,93,94)/t38?,46-,48+,49-,50+,51+,52+,53+,54+,55+,56-,61+/m1/s1. The molecule has 0 spiro atoms. The molecule has 6 rings (SSSR count). The van der Waals surface area contributed by atoms with Gasteiger partial charge in [0.15, 0.2) is 0 Å². The van der Waals surface area contributed by atoms with Gasteiger partial charge in [-0.25, -0.2) is 0 Å². The van der Waals surface area contributed by atoms with Crippen LogP contribution >= 0.6 is 33.2 Å². The summed E-state index contributed by atoms with van der Waals surface area (Å²) in [5.74, 6) is -14.6. The Kier molecular flexibility index (Phi) is 33.6. The first-order valence-electron chi connectivity index (χ1n) is 34.6. The molecule has 106 heavy (non-hydrogen) atoms. The van der Waals surface area contributed by atoms with Crippen molar-refractivity contribution in [2.45, 2.75) is 178 Å². The van der Waals surface area contributed by atoms with Crippen molar-refractivity contribution in [2.24, 2.45) is 29.0 Å². The molecule has 0 aromatic heterocycles. The highest BCUT2D eigenvalue weighted by Crippen LogP contribution is 2.28. The molecule has 2 aliphatic rings. The number of fused-ring (bicyclic) bond motifs is 1. The van der Waals surface area contributed by atoms with Crippen LogP contribution in [0.15, 0.2) is 91.0 Å². The maximum Gasteiger partial charge on any atom is 0.303 e. The number of amides is 12. The summed E-state index contributed by atoms with van der Waals surface area (Å²) in [7, 11) is 1.70. The highest BCUT2D eigenvalue weighted by molar-refractivity contribution is 8.76. The minimum atomic E-state index is -1.70. The second-order valence-electron chi connectivity index (χ2n) is 26.5. The molecule has 12 amide bonds. The van der Waals surface area contributed by atoms with Crippen molar-refractivity contribution in [3.8, 4) is 17.2 Å². The van der Waals surface area contributed by atoms with Crippen LogP contribution in [0, 0.1) is 11.8 Å². The first kappa shape index (κ1) is 85.2. The number of nitrogens with zero attached hydrogens (tertiary/aromatic N) is 1. The number of aliphatic hydroxyl groups excluding tert-OH is 1. The van der Waals surface area contributed by atoms with Crippen LogP contribution < -0.4 is 70.4 Å². The lowest BCUT2D eigenvalue weighted by Gasteiger charge is -2.31. The zero-order valence-corrected chi connectivity index (χ0v) is 61.5. The Morgan fingerprint density at radius 2 is 1.30 bits per heavy atom. The van der Waals surface area contributed by atoms with Gasteiger partial charge in [-0.1, -0.05) is 122 Å². The second kappa shape index (κ2) is 41.8. The van der Waals surface area contributed by atoms with E-state index in [0.29, 0.717) is 22.3 Å². The minimum absolute atomic E-state index is 0.0146. The first-order chi connectivity index (χ1) is 50.3. The summed E-state index contributed by atoms with van der Waals surface area (Å²) in [6, 6.07) is 7.29. The Balaban J connectivity index is 1.38. The lowest BCUT2D eigenvalue weighted by molar-refractivity contribution is -0.142. The van der Waals surface area contributed by atoms with Gasteiger partial charge in [0.1, 0.15) is 71.6 Å². The number of aliphatic hydroxyl groups is 1. The maximum absolute atomic E-state index is 15.3. The summed E-state index contributed by atoms with van der Waals surface area (Å²) in [4.78, 5) is 185. The van der Waals surface area contributed by atoms with E-state index in [4.69, 9.17) is 28.8 Å². The number of halogens is 1. The lowest BCUT2D eigenvalue weighted by atomic mass is 9.96. The third-order valence-electron chi connectivity index (χ3n) is 17.6. The number of aliphatic carboxylic acids is 1. The number of primary amides is 1. The van der Waals surface area contributed by atoms with Crippen LogP contribution in [0.1, 0.15) is 107 Å². The van der Waals surface area contributed by atoms with Gasteiger partial charge in [-0.2, -0.15) is 0 Å². The molecule has 12 atom stereocenters. The molecular weight excluding hydrogens is 1440 g/mol. The van der Waals surface area contributed by atoms with E-state index in [9.17, 15) is 73.5 Å². The van der Waals surface area contributed by atoms with Crippen LogP contribution in [0.5, 0.6) is 17.2 Å². The van der Waals surface area contributed by atoms with Gasteiger partial charge < -0.3 is 101 Å². The van der Waals surface area contributed by atoms with Crippen LogP contribution in [0.2, 0.25) is 5.02 Å². The zero-order valence-electron chi connectivity index (χ0n) is 59.1. The van der Waals surface area contributed by atoms with Gasteiger partial charge in [0, 0.05) is 63.2 Å². The summed E-state index contributed by atoms with van der Waals surface area (Å²) >= 11 is 6.25. The lowest BCUT2D eigenvalue weighted by Crippen LogP contribution is -2.61. The number of nitrogens with two attached hydrogens (primary N) is 3. The molecule has 2 saturated heterocycles. The number of phenols is 3. The number of hydrogen-bond acceptors (Lipinski definition) is 21. The number of carbonyl (C=O) groups is 13. The highest BCUT2D eigenvalue weighted by atomic mass is 35.5. The first-order valence-corrected chi connectivity index (χ1v) is 37.4. The van der Waals surface area contributed by atoms with Gasteiger partial charge in [0.05, 0.1) is 23.7 Å². The number of carboxylic acid groups (broad SMARTS) is 1. The quantitative estimate of drug-likeness (QED) is 0.0284. The monoisotopic (exact) mass is 1530 g/mol. The fraction of sp³-hybridized carbons (Fsp3) is 0.479. The Morgan fingerprint density at radius 1 is 0.670 bits per heavy atom. The van der Waals surface area contributed by atoms with E-state index in [0.717, 1.165) is 32.1 Å². The largest absolute Gasteiger partial charge is 0.508 e. The summed E-state index contributed by atoms with van der Waals surface area (Å²) in [6.45, 7) is 5.79. The molecule has 4 aromatic carbocycles. The number of carboxylic acids is 1. The van der Waals surface area contributed by atoms with Crippen molar-refractivity contribution in [1.29, 1.82) is 0 Å². The predicted molar refractivity (Wildman–Crippen MR) is 393 cm³/mol. The van der Waals surface area contributed by atoms with E-state index in [-0.39, 0.29) is 99.1 Å². The van der Waals surface area contributed by atoms with E-state index < -0.39 is 187 Å². The summed E-state index contributed by atoms with van der Waals surface area (Å²) in [5.41, 5.74) is 20.3. The molecule has 0 aliphatic carbocycles. The van der Waals surface area contributed by atoms with E-state index in [2.05, 4.69) is 53.2 Å². The molecule has 1 unspecified atom stereocenters. The number of hydrogen-bond donors (Lipinski definition) is 18. The molecule has 0 radical (unpaired) electrons. The molecule has 2 heterocycles. The summed E-state index contributed by atoms with van der Waals surface area (Å²) in [6.07, 6.45) is -3.77. The maximum atomic E-state index is 15.3. The normalized spacial score (nSPS) is 20.0. The van der Waals surface area contributed by atoms with Gasteiger partial charge in [-0.15, -0.1) is 0 Å². The van der Waals surface area contributed by atoms with Crippen LogP contribution in [0.4, 0.5) is 0 Å². The third-order valence-corrected chi connectivity index (χ3v) is 20.3. The van der Waals surface area contributed by atoms with Gasteiger partial charge in [-0.05, 0) is 108 Å². The number of rotatable bonds is 31. The van der Waals surface area contributed by atoms with Gasteiger partial charge >= 0.3 is 5.97 Å². The van der Waals surface area contributed by atoms with E-state index in [1.165, 1.54) is 66.7 Å². The smallest absolute Gasteiger partial charge is 0.303 e. The van der Waals surface area contributed by atoms with Crippen molar-refractivity contribution in [3.63, 3.8) is 0 Å². The molecular formula is C71H95ClN14O18S2. The molecule has 4 aromatic rings. The van der Waals surface area contributed by atoms with Gasteiger partial charge in [-0.3, -0.25) is 62.3 Å². The van der Waals surface area contributed by atoms with Crippen LogP contribution in [0.3, 0.4) is 0 Å². The Hall–Kier alpha value is -9.74. The van der Waals surface area contributed by atoms with Crippen molar-refractivity contribution < 1.29 is 87.9 Å². The molecule has 576 valence electrons. The van der Waals surface area contributed by atoms with Crippen LogP contribution in [-0.4, -0.2) is 198 Å². The number of phenolic OH excluding ortho intramolecular Hbond substituents is 3. The predicted octanol–water partition coefficient (Wildman–Crippen LogP) is -0.449. The molecule has 0 saturated carbocycles. The number of nitrogens with one attached hydrogen (secondary N) is 10. The zero-order chi connectivity index (χ0) is 77.9. The van der Waals surface area contributed by atoms with E-state index >= 15 is 14.4 Å². The number of benzene rings is 4. The molecule has 2 aliphatic heterocycles.